The van der Waals surface area contributed by atoms with Gasteiger partial charge in [0, 0.05) is 6.20 Å². The van der Waals surface area contributed by atoms with Crippen molar-refractivity contribution in [3.63, 3.8) is 0 Å². The Morgan fingerprint density at radius 3 is 2.93 bits per heavy atom. The predicted octanol–water partition coefficient (Wildman–Crippen LogP) is 1.09. The van der Waals surface area contributed by atoms with E-state index >= 15 is 0 Å². The molecule has 1 atom stereocenters. The van der Waals surface area contributed by atoms with Gasteiger partial charge in [-0.15, -0.1) is 0 Å². The maximum Gasteiger partial charge on any atom is 0.337 e. The number of anilines is 1. The highest BCUT2D eigenvalue weighted by Crippen LogP contribution is 2.19. The van der Waals surface area contributed by atoms with E-state index in [4.69, 9.17) is 5.11 Å². The maximum atomic E-state index is 10.6. The largest absolute Gasteiger partial charge is 0.479 e. The summed E-state index contributed by atoms with van der Waals surface area (Å²) in [6.07, 6.45) is 1.57. The molecule has 0 aliphatic rings. The predicted molar refractivity (Wildman–Crippen MR) is 58.7 cm³/mol. The van der Waals surface area contributed by atoms with Gasteiger partial charge < -0.3 is 15.5 Å². The second-order valence-electron chi connectivity index (χ2n) is 3.27. The number of halogens is 1. The number of hydrogen-bond donors (Lipinski definition) is 3. The third-order valence-corrected chi connectivity index (χ3v) is 2.46. The van der Waals surface area contributed by atoms with Gasteiger partial charge in [-0.1, -0.05) is 0 Å². The van der Waals surface area contributed by atoms with Gasteiger partial charge in [0.05, 0.1) is 11.0 Å². The minimum atomic E-state index is -1.81. The van der Waals surface area contributed by atoms with E-state index in [1.165, 1.54) is 6.92 Å². The van der Waals surface area contributed by atoms with Gasteiger partial charge in [0.25, 0.3) is 0 Å². The topological polar surface area (TPSA) is 82.5 Å². The first-order valence-corrected chi connectivity index (χ1v) is 5.03. The van der Waals surface area contributed by atoms with Crippen LogP contribution >= 0.6 is 15.9 Å². The Kier molecular flexibility index (Phi) is 3.65. The van der Waals surface area contributed by atoms with E-state index in [1.54, 1.807) is 18.3 Å². The van der Waals surface area contributed by atoms with E-state index < -0.39 is 11.6 Å². The zero-order valence-electron chi connectivity index (χ0n) is 8.07. The Bertz CT molecular complexity index is 368. The first kappa shape index (κ1) is 11.9. The van der Waals surface area contributed by atoms with Gasteiger partial charge in [0.2, 0.25) is 0 Å². The molecule has 82 valence electrons. The Morgan fingerprint density at radius 1 is 1.73 bits per heavy atom. The molecule has 1 aromatic rings. The van der Waals surface area contributed by atoms with Crippen LogP contribution < -0.4 is 5.32 Å². The summed E-state index contributed by atoms with van der Waals surface area (Å²) in [6, 6.07) is 3.51. The number of nitrogens with zero attached hydrogens (tertiary/aromatic N) is 1. The van der Waals surface area contributed by atoms with Gasteiger partial charge in [0.1, 0.15) is 5.82 Å². The maximum absolute atomic E-state index is 10.6. The smallest absolute Gasteiger partial charge is 0.337 e. The molecule has 15 heavy (non-hydrogen) atoms. The monoisotopic (exact) mass is 274 g/mol. The van der Waals surface area contributed by atoms with Crippen molar-refractivity contribution in [1.82, 2.24) is 4.98 Å². The molecular formula is C9H11BrN2O3. The molecule has 1 heterocycles. The van der Waals surface area contributed by atoms with Crippen molar-refractivity contribution in [1.29, 1.82) is 0 Å². The van der Waals surface area contributed by atoms with Crippen LogP contribution in [0.15, 0.2) is 22.8 Å². The third kappa shape index (κ3) is 3.17. The number of carbonyl (C=O) groups is 1. The molecule has 0 bridgehead atoms. The molecule has 0 saturated heterocycles. The number of rotatable bonds is 4. The van der Waals surface area contributed by atoms with Crippen molar-refractivity contribution in [3.05, 3.63) is 22.8 Å². The SMILES string of the molecule is CC(O)(CNc1ncccc1Br)C(=O)O. The van der Waals surface area contributed by atoms with E-state index in [9.17, 15) is 9.90 Å². The van der Waals surface area contributed by atoms with Crippen LogP contribution in [0.1, 0.15) is 6.92 Å². The summed E-state index contributed by atoms with van der Waals surface area (Å²) < 4.78 is 0.714. The van der Waals surface area contributed by atoms with Crippen LogP contribution in [-0.2, 0) is 4.79 Å². The van der Waals surface area contributed by atoms with Gasteiger partial charge in [-0.2, -0.15) is 0 Å². The highest BCUT2D eigenvalue weighted by Gasteiger charge is 2.29. The average Bonchev–Trinajstić information content (AvgIpc) is 2.16. The van der Waals surface area contributed by atoms with Crippen molar-refractivity contribution in [3.8, 4) is 0 Å². The number of hydrogen-bond acceptors (Lipinski definition) is 4. The lowest BCUT2D eigenvalue weighted by Gasteiger charge is -2.18. The Labute approximate surface area is 95.3 Å². The van der Waals surface area contributed by atoms with Crippen LogP contribution in [0, 0.1) is 0 Å². The lowest BCUT2D eigenvalue weighted by molar-refractivity contribution is -0.155. The van der Waals surface area contributed by atoms with Crippen LogP contribution in [0.4, 0.5) is 5.82 Å². The summed E-state index contributed by atoms with van der Waals surface area (Å²) in [4.78, 5) is 14.6. The number of carboxylic acids is 1. The average molecular weight is 275 g/mol. The highest BCUT2D eigenvalue weighted by molar-refractivity contribution is 9.10. The molecule has 0 amide bonds. The van der Waals surface area contributed by atoms with Crippen molar-refractivity contribution in [2.45, 2.75) is 12.5 Å². The lowest BCUT2D eigenvalue weighted by Crippen LogP contribution is -2.42. The van der Waals surface area contributed by atoms with Crippen LogP contribution in [0.3, 0.4) is 0 Å². The summed E-state index contributed by atoms with van der Waals surface area (Å²) >= 11 is 3.25. The van der Waals surface area contributed by atoms with Crippen molar-refractivity contribution in [2.75, 3.05) is 11.9 Å². The van der Waals surface area contributed by atoms with E-state index in [2.05, 4.69) is 26.2 Å². The molecule has 0 aliphatic carbocycles. The highest BCUT2D eigenvalue weighted by atomic mass is 79.9. The van der Waals surface area contributed by atoms with E-state index in [0.29, 0.717) is 10.3 Å². The van der Waals surface area contributed by atoms with Crippen LogP contribution in [0.2, 0.25) is 0 Å². The van der Waals surface area contributed by atoms with Gasteiger partial charge in [-0.05, 0) is 35.0 Å². The van der Waals surface area contributed by atoms with Crippen molar-refractivity contribution in [2.24, 2.45) is 0 Å². The quantitative estimate of drug-likeness (QED) is 0.766. The number of carboxylic acid groups (broad SMARTS) is 1. The van der Waals surface area contributed by atoms with Gasteiger partial charge >= 0.3 is 5.97 Å². The molecule has 6 heteroatoms. The second-order valence-corrected chi connectivity index (χ2v) is 4.12. The van der Waals surface area contributed by atoms with E-state index in [-0.39, 0.29) is 6.54 Å². The zero-order chi connectivity index (χ0) is 11.5. The van der Waals surface area contributed by atoms with Crippen LogP contribution in [0.25, 0.3) is 0 Å². The molecule has 0 aromatic carbocycles. The fourth-order valence-electron chi connectivity index (χ4n) is 0.847. The zero-order valence-corrected chi connectivity index (χ0v) is 9.65. The van der Waals surface area contributed by atoms with Gasteiger partial charge in [-0.3, -0.25) is 0 Å². The van der Waals surface area contributed by atoms with Crippen molar-refractivity contribution >= 4 is 27.7 Å². The Morgan fingerprint density at radius 2 is 2.40 bits per heavy atom. The van der Waals surface area contributed by atoms with Crippen LogP contribution in [-0.4, -0.2) is 33.3 Å². The Balaban J connectivity index is 2.66. The molecule has 0 fully saturated rings. The molecule has 0 aliphatic heterocycles. The molecule has 0 saturated carbocycles. The number of aliphatic hydroxyl groups is 1. The summed E-state index contributed by atoms with van der Waals surface area (Å²) in [6.45, 7) is 1.11. The number of aromatic nitrogens is 1. The summed E-state index contributed by atoms with van der Waals surface area (Å²) in [5.41, 5.74) is -1.81. The van der Waals surface area contributed by atoms with E-state index in [1.807, 2.05) is 0 Å². The second kappa shape index (κ2) is 4.59. The minimum Gasteiger partial charge on any atom is -0.479 e. The summed E-state index contributed by atoms with van der Waals surface area (Å²) in [5.74, 6) is -0.777. The van der Waals surface area contributed by atoms with Crippen LogP contribution in [0.5, 0.6) is 0 Å². The Hall–Kier alpha value is -1.14. The minimum absolute atomic E-state index is 0.113. The fourth-order valence-corrected chi connectivity index (χ4v) is 1.24. The van der Waals surface area contributed by atoms with Gasteiger partial charge in [-0.25, -0.2) is 9.78 Å². The third-order valence-electron chi connectivity index (χ3n) is 1.82. The number of aliphatic carboxylic acids is 1. The normalized spacial score (nSPS) is 14.3. The van der Waals surface area contributed by atoms with Crippen molar-refractivity contribution < 1.29 is 15.0 Å². The summed E-state index contributed by atoms with van der Waals surface area (Å²) in [5, 5.41) is 20.9. The molecule has 0 radical (unpaired) electrons. The molecule has 1 aromatic heterocycles. The first-order chi connectivity index (χ1) is 6.93. The van der Waals surface area contributed by atoms with Gasteiger partial charge in [0.15, 0.2) is 5.60 Å². The molecular weight excluding hydrogens is 264 g/mol. The molecule has 1 unspecified atom stereocenters. The molecule has 3 N–H and O–H groups in total. The molecule has 5 nitrogen and oxygen atoms in total. The molecule has 0 spiro atoms. The standard InChI is InChI=1S/C9H11BrN2O3/c1-9(15,8(13)14)5-12-7-6(10)3-2-4-11-7/h2-4,15H,5H2,1H3,(H,11,12)(H,13,14). The number of pyridine rings is 1. The first-order valence-electron chi connectivity index (χ1n) is 4.23. The lowest BCUT2D eigenvalue weighted by atomic mass is 10.1. The van der Waals surface area contributed by atoms with E-state index in [0.717, 1.165) is 0 Å². The molecule has 1 rings (SSSR count). The fraction of sp³-hybridized carbons (Fsp3) is 0.333. The summed E-state index contributed by atoms with van der Waals surface area (Å²) in [7, 11) is 0. The number of nitrogens with one attached hydrogen (secondary N) is 1.